The first-order valence-corrected chi connectivity index (χ1v) is 8.14. The number of aliphatic carboxylic acids is 1. The zero-order chi connectivity index (χ0) is 18.5. The highest BCUT2D eigenvalue weighted by atomic mass is 19.1. The van der Waals surface area contributed by atoms with Crippen LogP contribution in [0.25, 0.3) is 0 Å². The molecule has 6 nitrogen and oxygen atoms in total. The van der Waals surface area contributed by atoms with Gasteiger partial charge in [-0.15, -0.1) is 0 Å². The molecule has 0 saturated carbocycles. The van der Waals surface area contributed by atoms with Crippen molar-refractivity contribution in [2.24, 2.45) is 0 Å². The Kier molecular flexibility index (Phi) is 5.48. The summed E-state index contributed by atoms with van der Waals surface area (Å²) in [4.78, 5) is 25.3. The molecule has 1 aliphatic rings. The van der Waals surface area contributed by atoms with Gasteiger partial charge in [0.2, 0.25) is 0 Å². The zero-order valence-electron chi connectivity index (χ0n) is 13.9. The predicted molar refractivity (Wildman–Crippen MR) is 90.5 cm³/mol. The van der Waals surface area contributed by atoms with Crippen molar-refractivity contribution in [3.63, 3.8) is 0 Å². The van der Waals surface area contributed by atoms with Gasteiger partial charge < -0.3 is 19.5 Å². The standard InChI is InChI=1S/C19H18FNO5/c20-14-7-5-13(6-8-14)12-26-16-4-2-1-3-15(16)18(22)21-9-10-25-17(11-21)19(23)24/h1-8,17H,9-12H2,(H,23,24)/t17-/m0/s1. The number of nitrogens with zero attached hydrogens (tertiary/aromatic N) is 1. The number of hydrogen-bond donors (Lipinski definition) is 1. The van der Waals surface area contributed by atoms with Gasteiger partial charge in [0, 0.05) is 6.54 Å². The summed E-state index contributed by atoms with van der Waals surface area (Å²) in [6, 6.07) is 12.7. The number of para-hydroxylation sites is 1. The number of carbonyl (C=O) groups is 2. The third kappa shape index (κ3) is 4.18. The van der Waals surface area contributed by atoms with E-state index in [1.54, 1.807) is 36.4 Å². The van der Waals surface area contributed by atoms with E-state index >= 15 is 0 Å². The quantitative estimate of drug-likeness (QED) is 0.887. The minimum Gasteiger partial charge on any atom is -0.488 e. The van der Waals surface area contributed by atoms with Gasteiger partial charge in [-0.3, -0.25) is 4.79 Å². The van der Waals surface area contributed by atoms with Gasteiger partial charge in [0.15, 0.2) is 6.10 Å². The first-order chi connectivity index (χ1) is 12.5. The molecule has 0 bridgehead atoms. The SMILES string of the molecule is O=C(O)[C@@H]1CN(C(=O)c2ccccc2OCc2ccc(F)cc2)CCO1. The molecule has 0 spiro atoms. The predicted octanol–water partition coefficient (Wildman–Crippen LogP) is 2.33. The van der Waals surface area contributed by atoms with E-state index in [1.807, 2.05) is 0 Å². The summed E-state index contributed by atoms with van der Waals surface area (Å²) in [5.74, 6) is -1.34. The Morgan fingerprint density at radius 1 is 1.19 bits per heavy atom. The molecule has 1 aliphatic heterocycles. The van der Waals surface area contributed by atoms with Crippen molar-refractivity contribution >= 4 is 11.9 Å². The van der Waals surface area contributed by atoms with Crippen LogP contribution in [-0.4, -0.2) is 47.7 Å². The molecule has 26 heavy (non-hydrogen) atoms. The fourth-order valence-electron chi connectivity index (χ4n) is 2.66. The molecular formula is C19H18FNO5. The molecule has 136 valence electrons. The lowest BCUT2D eigenvalue weighted by Crippen LogP contribution is -2.48. The number of carboxylic acids is 1. The van der Waals surface area contributed by atoms with Crippen LogP contribution in [0, 0.1) is 5.82 Å². The third-order valence-corrected chi connectivity index (χ3v) is 4.05. The van der Waals surface area contributed by atoms with E-state index < -0.39 is 12.1 Å². The molecule has 2 aromatic carbocycles. The number of amides is 1. The highest BCUT2D eigenvalue weighted by Gasteiger charge is 2.30. The Morgan fingerprint density at radius 3 is 2.65 bits per heavy atom. The molecule has 7 heteroatoms. The average Bonchev–Trinajstić information content (AvgIpc) is 2.67. The Hall–Kier alpha value is -2.93. The van der Waals surface area contributed by atoms with Crippen molar-refractivity contribution < 1.29 is 28.6 Å². The Balaban J connectivity index is 1.72. The number of hydrogen-bond acceptors (Lipinski definition) is 4. The van der Waals surface area contributed by atoms with Gasteiger partial charge in [0.1, 0.15) is 18.2 Å². The van der Waals surface area contributed by atoms with Crippen molar-refractivity contribution in [2.75, 3.05) is 19.7 Å². The van der Waals surface area contributed by atoms with Gasteiger partial charge >= 0.3 is 5.97 Å². The minimum atomic E-state index is -1.09. The number of rotatable bonds is 5. The van der Waals surface area contributed by atoms with Crippen LogP contribution < -0.4 is 4.74 Å². The number of carboxylic acid groups (broad SMARTS) is 1. The molecule has 0 aliphatic carbocycles. The minimum absolute atomic E-state index is 0.0134. The molecule has 1 saturated heterocycles. The number of ether oxygens (including phenoxy) is 2. The summed E-state index contributed by atoms with van der Waals surface area (Å²) in [6.07, 6.45) is -1.03. The molecule has 1 N–H and O–H groups in total. The second-order valence-electron chi connectivity index (χ2n) is 5.86. The van der Waals surface area contributed by atoms with Crippen LogP contribution in [0.1, 0.15) is 15.9 Å². The number of morpholine rings is 1. The normalized spacial score (nSPS) is 17.0. The second kappa shape index (κ2) is 7.97. The third-order valence-electron chi connectivity index (χ3n) is 4.05. The molecule has 1 heterocycles. The van der Waals surface area contributed by atoms with Crippen molar-refractivity contribution in [1.82, 2.24) is 4.90 Å². The van der Waals surface area contributed by atoms with Gasteiger partial charge in [-0.1, -0.05) is 24.3 Å². The molecular weight excluding hydrogens is 341 g/mol. The van der Waals surface area contributed by atoms with E-state index in [2.05, 4.69) is 0 Å². The monoisotopic (exact) mass is 359 g/mol. The highest BCUT2D eigenvalue weighted by molar-refractivity contribution is 5.97. The first-order valence-electron chi connectivity index (χ1n) is 8.14. The smallest absolute Gasteiger partial charge is 0.334 e. The van der Waals surface area contributed by atoms with Crippen LogP contribution in [0.15, 0.2) is 48.5 Å². The summed E-state index contributed by atoms with van der Waals surface area (Å²) >= 11 is 0. The molecule has 3 rings (SSSR count). The van der Waals surface area contributed by atoms with E-state index in [9.17, 15) is 14.0 Å². The Bertz CT molecular complexity index is 793. The summed E-state index contributed by atoms with van der Waals surface area (Å²) in [5, 5.41) is 9.08. The summed E-state index contributed by atoms with van der Waals surface area (Å²) in [7, 11) is 0. The molecule has 0 unspecified atom stereocenters. The van der Waals surface area contributed by atoms with Crippen LogP contribution in [0.4, 0.5) is 4.39 Å². The van der Waals surface area contributed by atoms with Crippen molar-refractivity contribution in [3.05, 3.63) is 65.5 Å². The average molecular weight is 359 g/mol. The summed E-state index contributed by atoms with van der Waals surface area (Å²) in [6.45, 7) is 0.655. The molecule has 0 radical (unpaired) electrons. The van der Waals surface area contributed by atoms with E-state index in [-0.39, 0.29) is 31.5 Å². The van der Waals surface area contributed by atoms with Gasteiger partial charge in [-0.05, 0) is 29.8 Å². The van der Waals surface area contributed by atoms with Crippen molar-refractivity contribution in [2.45, 2.75) is 12.7 Å². The maximum absolute atomic E-state index is 13.0. The maximum Gasteiger partial charge on any atom is 0.334 e. The first kappa shape index (κ1) is 17.9. The van der Waals surface area contributed by atoms with Gasteiger partial charge in [-0.25, -0.2) is 9.18 Å². The molecule has 1 atom stereocenters. The van der Waals surface area contributed by atoms with Crippen LogP contribution in [0.3, 0.4) is 0 Å². The second-order valence-corrected chi connectivity index (χ2v) is 5.86. The van der Waals surface area contributed by atoms with Gasteiger partial charge in [0.05, 0.1) is 18.7 Å². The van der Waals surface area contributed by atoms with Crippen LogP contribution >= 0.6 is 0 Å². The highest BCUT2D eigenvalue weighted by Crippen LogP contribution is 2.22. The lowest BCUT2D eigenvalue weighted by Gasteiger charge is -2.31. The molecule has 1 amide bonds. The maximum atomic E-state index is 13.0. The van der Waals surface area contributed by atoms with Crippen LogP contribution in [0.2, 0.25) is 0 Å². The zero-order valence-corrected chi connectivity index (χ0v) is 13.9. The summed E-state index contributed by atoms with van der Waals surface area (Å²) in [5.41, 5.74) is 1.12. The fraction of sp³-hybridized carbons (Fsp3) is 0.263. The van der Waals surface area contributed by atoms with Gasteiger partial charge in [-0.2, -0.15) is 0 Å². The summed E-state index contributed by atoms with van der Waals surface area (Å²) < 4.78 is 23.8. The number of halogens is 1. The molecule has 1 fully saturated rings. The Morgan fingerprint density at radius 2 is 1.92 bits per heavy atom. The fourth-order valence-corrected chi connectivity index (χ4v) is 2.66. The Labute approximate surface area is 149 Å². The number of carbonyl (C=O) groups excluding carboxylic acids is 1. The molecule has 0 aromatic heterocycles. The van der Waals surface area contributed by atoms with Crippen LogP contribution in [-0.2, 0) is 16.1 Å². The number of benzene rings is 2. The van der Waals surface area contributed by atoms with E-state index in [4.69, 9.17) is 14.6 Å². The van der Waals surface area contributed by atoms with E-state index in [0.717, 1.165) is 5.56 Å². The van der Waals surface area contributed by atoms with Crippen LogP contribution in [0.5, 0.6) is 5.75 Å². The van der Waals surface area contributed by atoms with E-state index in [1.165, 1.54) is 17.0 Å². The molecule has 2 aromatic rings. The van der Waals surface area contributed by atoms with Gasteiger partial charge in [0.25, 0.3) is 5.91 Å². The lowest BCUT2D eigenvalue weighted by atomic mass is 10.1. The van der Waals surface area contributed by atoms with E-state index in [0.29, 0.717) is 17.9 Å². The van der Waals surface area contributed by atoms with Crippen molar-refractivity contribution in [1.29, 1.82) is 0 Å². The largest absolute Gasteiger partial charge is 0.488 e. The van der Waals surface area contributed by atoms with Crippen molar-refractivity contribution in [3.8, 4) is 5.75 Å². The topological polar surface area (TPSA) is 76.1 Å². The lowest BCUT2D eigenvalue weighted by molar-refractivity contribution is -0.154.